The summed E-state index contributed by atoms with van der Waals surface area (Å²) >= 11 is 12.5. The molecule has 0 aliphatic rings. The van der Waals surface area contributed by atoms with Gasteiger partial charge in [0.2, 0.25) is 0 Å². The number of ether oxygens (including phenoxy) is 1. The van der Waals surface area contributed by atoms with E-state index >= 15 is 0 Å². The van der Waals surface area contributed by atoms with Gasteiger partial charge in [0.1, 0.15) is 5.60 Å². The average Bonchev–Trinajstić information content (AvgIpc) is 2.67. The molecule has 0 spiro atoms. The van der Waals surface area contributed by atoms with Gasteiger partial charge >= 0.3 is 6.09 Å². The van der Waals surface area contributed by atoms with E-state index in [1.165, 1.54) is 0 Å². The highest BCUT2D eigenvalue weighted by atomic mass is 35.5. The van der Waals surface area contributed by atoms with Crippen LogP contribution in [0.15, 0.2) is 36.5 Å². The van der Waals surface area contributed by atoms with Gasteiger partial charge in [0.15, 0.2) is 0 Å². The first-order valence-corrected chi connectivity index (χ1v) is 11.8. The predicted octanol–water partition coefficient (Wildman–Crippen LogP) is 4.96. The van der Waals surface area contributed by atoms with Crippen LogP contribution in [0.4, 0.5) is 4.79 Å². The number of aliphatic hydroxyl groups is 1. The SMILES string of the molecule is CC(C)(C)NC(=O)c1cccnc1CC(O)C(Cc1cc(Cl)ccc1Cl)NC(=O)OC(C)(C)C. The van der Waals surface area contributed by atoms with Crippen molar-refractivity contribution >= 4 is 35.2 Å². The maximum atomic E-state index is 12.8. The number of benzene rings is 1. The van der Waals surface area contributed by atoms with E-state index in [9.17, 15) is 14.7 Å². The van der Waals surface area contributed by atoms with Crippen LogP contribution in [0.3, 0.4) is 0 Å². The minimum absolute atomic E-state index is 0.0202. The summed E-state index contributed by atoms with van der Waals surface area (Å²) in [6.45, 7) is 10.9. The van der Waals surface area contributed by atoms with Gasteiger partial charge in [-0.25, -0.2) is 4.79 Å². The zero-order valence-electron chi connectivity index (χ0n) is 20.4. The maximum absolute atomic E-state index is 12.8. The predicted molar refractivity (Wildman–Crippen MR) is 134 cm³/mol. The van der Waals surface area contributed by atoms with Crippen LogP contribution in [0.25, 0.3) is 0 Å². The lowest BCUT2D eigenvalue weighted by molar-refractivity contribution is 0.0420. The van der Waals surface area contributed by atoms with Crippen LogP contribution < -0.4 is 10.6 Å². The van der Waals surface area contributed by atoms with Crippen molar-refractivity contribution in [3.63, 3.8) is 0 Å². The van der Waals surface area contributed by atoms with E-state index in [0.717, 1.165) is 0 Å². The van der Waals surface area contributed by atoms with Crippen molar-refractivity contribution in [1.29, 1.82) is 0 Å². The van der Waals surface area contributed by atoms with Crippen molar-refractivity contribution in [2.24, 2.45) is 0 Å². The van der Waals surface area contributed by atoms with Gasteiger partial charge < -0.3 is 20.5 Å². The molecule has 0 aliphatic carbocycles. The third kappa shape index (κ3) is 9.12. The zero-order valence-corrected chi connectivity index (χ0v) is 21.9. The lowest BCUT2D eigenvalue weighted by Crippen LogP contribution is -2.48. The van der Waals surface area contributed by atoms with E-state index < -0.39 is 29.4 Å². The third-order valence-corrected chi connectivity index (χ3v) is 5.24. The van der Waals surface area contributed by atoms with Gasteiger partial charge in [-0.2, -0.15) is 0 Å². The lowest BCUT2D eigenvalue weighted by Gasteiger charge is -2.27. The summed E-state index contributed by atoms with van der Waals surface area (Å²) in [5, 5.41) is 17.7. The molecule has 0 aliphatic heterocycles. The van der Waals surface area contributed by atoms with E-state index in [2.05, 4.69) is 15.6 Å². The normalized spacial score (nSPS) is 13.7. The highest BCUT2D eigenvalue weighted by Crippen LogP contribution is 2.24. The number of halogens is 2. The molecule has 2 unspecified atom stereocenters. The molecule has 2 amide bonds. The van der Waals surface area contributed by atoms with Crippen LogP contribution in [0.1, 0.15) is 63.2 Å². The van der Waals surface area contributed by atoms with E-state index in [0.29, 0.717) is 26.9 Å². The van der Waals surface area contributed by atoms with Crippen molar-refractivity contribution in [2.75, 3.05) is 0 Å². The number of carbonyl (C=O) groups excluding carboxylic acids is 2. The van der Waals surface area contributed by atoms with Crippen LogP contribution in [0.5, 0.6) is 0 Å². The van der Waals surface area contributed by atoms with Crippen LogP contribution in [0.2, 0.25) is 10.0 Å². The molecule has 34 heavy (non-hydrogen) atoms. The van der Waals surface area contributed by atoms with Crippen LogP contribution >= 0.6 is 23.2 Å². The number of rotatable bonds is 7. The molecule has 2 atom stereocenters. The Morgan fingerprint density at radius 2 is 1.76 bits per heavy atom. The largest absolute Gasteiger partial charge is 0.444 e. The van der Waals surface area contributed by atoms with Crippen molar-refractivity contribution in [2.45, 2.75) is 77.7 Å². The summed E-state index contributed by atoms with van der Waals surface area (Å²) in [5.74, 6) is -0.294. The number of nitrogens with zero attached hydrogens (tertiary/aromatic N) is 1. The fraction of sp³-hybridized carbons (Fsp3) is 0.480. The van der Waals surface area contributed by atoms with Crippen LogP contribution in [0, 0.1) is 0 Å². The van der Waals surface area contributed by atoms with Gasteiger partial charge in [-0.15, -0.1) is 0 Å². The Balaban J connectivity index is 2.31. The van der Waals surface area contributed by atoms with Gasteiger partial charge in [-0.3, -0.25) is 9.78 Å². The molecule has 186 valence electrons. The Morgan fingerprint density at radius 3 is 2.38 bits per heavy atom. The lowest BCUT2D eigenvalue weighted by atomic mass is 9.96. The van der Waals surface area contributed by atoms with E-state index in [4.69, 9.17) is 27.9 Å². The molecule has 0 bridgehead atoms. The molecule has 1 heterocycles. The maximum Gasteiger partial charge on any atom is 0.407 e. The minimum atomic E-state index is -1.10. The molecule has 2 aromatic rings. The molecule has 0 fully saturated rings. The fourth-order valence-electron chi connectivity index (χ4n) is 3.23. The highest BCUT2D eigenvalue weighted by molar-refractivity contribution is 6.33. The van der Waals surface area contributed by atoms with Crippen molar-refractivity contribution in [3.05, 3.63) is 63.4 Å². The summed E-state index contributed by atoms with van der Waals surface area (Å²) in [5.41, 5.74) is 0.263. The van der Waals surface area contributed by atoms with Gasteiger partial charge in [0, 0.05) is 28.2 Å². The summed E-state index contributed by atoms with van der Waals surface area (Å²) in [6, 6.07) is 7.53. The molecule has 1 aromatic heterocycles. The standard InChI is InChI=1S/C25H33Cl2N3O4/c1-24(2,3)30-22(32)17-8-7-11-28-19(17)14-21(31)20(29-23(33)34-25(4,5)6)13-15-12-16(26)9-10-18(15)27/h7-12,20-21,31H,13-14H2,1-6H3,(H,29,33)(H,30,32). The molecule has 9 heteroatoms. The molecule has 0 saturated heterocycles. The van der Waals surface area contributed by atoms with Crippen molar-refractivity contribution < 1.29 is 19.4 Å². The number of nitrogens with one attached hydrogen (secondary N) is 2. The molecule has 0 saturated carbocycles. The summed E-state index contributed by atoms with van der Waals surface area (Å²) < 4.78 is 5.38. The second-order valence-electron chi connectivity index (χ2n) is 10.2. The average molecular weight is 510 g/mol. The Hall–Kier alpha value is -2.35. The first kappa shape index (κ1) is 27.9. The Labute approximate surface area is 211 Å². The smallest absolute Gasteiger partial charge is 0.407 e. The number of alkyl carbamates (subject to hydrolysis) is 1. The minimum Gasteiger partial charge on any atom is -0.444 e. The number of aromatic nitrogens is 1. The number of amides is 2. The van der Waals surface area contributed by atoms with Crippen molar-refractivity contribution in [1.82, 2.24) is 15.6 Å². The van der Waals surface area contributed by atoms with Crippen molar-refractivity contribution in [3.8, 4) is 0 Å². The molecule has 3 N–H and O–H groups in total. The summed E-state index contributed by atoms with van der Waals surface area (Å²) in [6.07, 6.45) is -0.0112. The quantitative estimate of drug-likeness (QED) is 0.489. The number of pyridine rings is 1. The summed E-state index contributed by atoms with van der Waals surface area (Å²) in [4.78, 5) is 29.6. The van der Waals surface area contributed by atoms with E-state index in [1.807, 2.05) is 20.8 Å². The van der Waals surface area contributed by atoms with Gasteiger partial charge in [0.25, 0.3) is 5.91 Å². The third-order valence-electron chi connectivity index (χ3n) is 4.64. The van der Waals surface area contributed by atoms with Gasteiger partial charge in [0.05, 0.1) is 23.4 Å². The number of aliphatic hydroxyl groups excluding tert-OH is 1. The molecule has 7 nitrogen and oxygen atoms in total. The molecule has 1 aromatic carbocycles. The monoisotopic (exact) mass is 509 g/mol. The number of carbonyl (C=O) groups is 2. The number of hydrogen-bond donors (Lipinski definition) is 3. The topological polar surface area (TPSA) is 101 Å². The van der Waals surface area contributed by atoms with Gasteiger partial charge in [-0.05, 0) is 83.9 Å². The van der Waals surface area contributed by atoms with Crippen LogP contribution in [-0.4, -0.2) is 45.4 Å². The second kappa shape index (κ2) is 11.4. The molecule has 0 radical (unpaired) electrons. The van der Waals surface area contributed by atoms with E-state index in [1.54, 1.807) is 57.3 Å². The highest BCUT2D eigenvalue weighted by Gasteiger charge is 2.28. The summed E-state index contributed by atoms with van der Waals surface area (Å²) in [7, 11) is 0. The Kier molecular flexibility index (Phi) is 9.34. The zero-order chi connectivity index (χ0) is 25.7. The first-order valence-electron chi connectivity index (χ1n) is 11.0. The Morgan fingerprint density at radius 1 is 1.09 bits per heavy atom. The molecular weight excluding hydrogens is 477 g/mol. The van der Waals surface area contributed by atoms with Crippen LogP contribution in [-0.2, 0) is 17.6 Å². The molecular formula is C25H33Cl2N3O4. The second-order valence-corrected chi connectivity index (χ2v) is 11.0. The Bertz CT molecular complexity index is 1020. The van der Waals surface area contributed by atoms with E-state index in [-0.39, 0.29) is 18.7 Å². The number of hydrogen-bond acceptors (Lipinski definition) is 5. The first-order chi connectivity index (χ1) is 15.6. The van der Waals surface area contributed by atoms with Gasteiger partial charge in [-0.1, -0.05) is 23.2 Å². The fourth-order valence-corrected chi connectivity index (χ4v) is 3.62. The molecule has 2 rings (SSSR count).